The van der Waals surface area contributed by atoms with Crippen molar-refractivity contribution >= 4 is 34.2 Å². The summed E-state index contributed by atoms with van der Waals surface area (Å²) >= 11 is 1.45. The maximum Gasteiger partial charge on any atom is 0.341 e. The summed E-state index contributed by atoms with van der Waals surface area (Å²) < 4.78 is 5.39. The quantitative estimate of drug-likeness (QED) is 0.504. The molecule has 0 radical (unpaired) electrons. The van der Waals surface area contributed by atoms with Crippen molar-refractivity contribution < 1.29 is 24.2 Å². The number of ether oxygens (including phenoxy) is 1. The molecule has 3 atom stereocenters. The molecule has 7 heteroatoms. The molecule has 0 aliphatic heterocycles. The van der Waals surface area contributed by atoms with Crippen LogP contribution in [0.5, 0.6) is 0 Å². The first-order valence-corrected chi connectivity index (χ1v) is 11.3. The summed E-state index contributed by atoms with van der Waals surface area (Å²) in [6, 6.07) is 0. The summed E-state index contributed by atoms with van der Waals surface area (Å²) in [5.41, 5.74) is 1.47. The summed E-state index contributed by atoms with van der Waals surface area (Å²) in [7, 11) is 0. The smallest absolute Gasteiger partial charge is 0.341 e. The predicted octanol–water partition coefficient (Wildman–Crippen LogP) is 4.44. The highest BCUT2D eigenvalue weighted by molar-refractivity contribution is 7.17. The first-order valence-electron chi connectivity index (χ1n) is 10.5. The third kappa shape index (κ3) is 4.71. The summed E-state index contributed by atoms with van der Waals surface area (Å²) in [6.45, 7) is 4.45. The standard InChI is InChI=1S/C22H29NO5S/c1-3-11-28-22(27)18-16-10-9-13(4-2)12-17(16)29-20(18)23-19(24)14-7-5-6-8-15(14)21(25)26/h5-6,13-15H,3-4,7-12H2,1-2H3,(H,23,24)(H,25,26)/t13-,14+,15-/m0/s1. The van der Waals surface area contributed by atoms with Gasteiger partial charge in [0, 0.05) is 4.88 Å². The van der Waals surface area contributed by atoms with E-state index in [1.54, 1.807) is 0 Å². The van der Waals surface area contributed by atoms with Gasteiger partial charge in [-0.05, 0) is 50.0 Å². The fourth-order valence-corrected chi connectivity index (χ4v) is 5.51. The second-order valence-corrected chi connectivity index (χ2v) is 8.95. The Balaban J connectivity index is 1.88. The number of anilines is 1. The van der Waals surface area contributed by atoms with Gasteiger partial charge in [0.1, 0.15) is 5.00 Å². The number of carbonyl (C=O) groups excluding carboxylic acids is 2. The Morgan fingerprint density at radius 2 is 1.93 bits per heavy atom. The Hall–Kier alpha value is -2.15. The zero-order chi connectivity index (χ0) is 21.0. The van der Waals surface area contributed by atoms with E-state index in [1.807, 2.05) is 19.1 Å². The van der Waals surface area contributed by atoms with Gasteiger partial charge in [0.15, 0.2) is 0 Å². The van der Waals surface area contributed by atoms with Crippen LogP contribution in [-0.2, 0) is 27.2 Å². The zero-order valence-electron chi connectivity index (χ0n) is 17.0. The van der Waals surface area contributed by atoms with Crippen molar-refractivity contribution in [1.29, 1.82) is 0 Å². The fraction of sp³-hybridized carbons (Fsp3) is 0.591. The van der Waals surface area contributed by atoms with Gasteiger partial charge in [-0.3, -0.25) is 9.59 Å². The lowest BCUT2D eigenvalue weighted by Crippen LogP contribution is -2.34. The van der Waals surface area contributed by atoms with Crippen molar-refractivity contribution in [2.24, 2.45) is 17.8 Å². The van der Waals surface area contributed by atoms with Gasteiger partial charge >= 0.3 is 11.9 Å². The lowest BCUT2D eigenvalue weighted by molar-refractivity contribution is -0.146. The highest BCUT2D eigenvalue weighted by atomic mass is 32.1. The lowest BCUT2D eigenvalue weighted by Gasteiger charge is -2.24. The molecule has 6 nitrogen and oxygen atoms in total. The van der Waals surface area contributed by atoms with Crippen LogP contribution in [0.3, 0.4) is 0 Å². The molecule has 1 heterocycles. The number of hydrogen-bond acceptors (Lipinski definition) is 5. The van der Waals surface area contributed by atoms with Crippen LogP contribution in [0.25, 0.3) is 0 Å². The topological polar surface area (TPSA) is 92.7 Å². The van der Waals surface area contributed by atoms with Gasteiger partial charge < -0.3 is 15.2 Å². The normalized spacial score (nSPS) is 23.3. The number of thiophene rings is 1. The molecule has 3 rings (SSSR count). The predicted molar refractivity (Wildman–Crippen MR) is 112 cm³/mol. The molecule has 0 bridgehead atoms. The molecule has 0 fully saturated rings. The van der Waals surface area contributed by atoms with E-state index in [0.717, 1.165) is 42.5 Å². The van der Waals surface area contributed by atoms with Gasteiger partial charge in [-0.2, -0.15) is 0 Å². The van der Waals surface area contributed by atoms with Crippen molar-refractivity contribution in [1.82, 2.24) is 0 Å². The monoisotopic (exact) mass is 419 g/mol. The molecule has 0 saturated heterocycles. The third-order valence-corrected chi connectivity index (χ3v) is 7.08. The van der Waals surface area contributed by atoms with Gasteiger partial charge in [0.05, 0.1) is 24.0 Å². The second-order valence-electron chi connectivity index (χ2n) is 7.84. The van der Waals surface area contributed by atoms with Gasteiger partial charge in [0.25, 0.3) is 0 Å². The number of nitrogens with one attached hydrogen (secondary N) is 1. The molecule has 158 valence electrons. The molecule has 2 N–H and O–H groups in total. The van der Waals surface area contributed by atoms with Gasteiger partial charge in [0.2, 0.25) is 5.91 Å². The van der Waals surface area contributed by atoms with Crippen LogP contribution in [0.4, 0.5) is 5.00 Å². The van der Waals surface area contributed by atoms with Crippen LogP contribution in [0.2, 0.25) is 0 Å². The van der Waals surface area contributed by atoms with Crippen molar-refractivity contribution in [3.05, 3.63) is 28.2 Å². The highest BCUT2D eigenvalue weighted by Crippen LogP contribution is 2.41. The van der Waals surface area contributed by atoms with Crippen LogP contribution in [0, 0.1) is 17.8 Å². The molecule has 2 aliphatic carbocycles. The average Bonchev–Trinajstić information content (AvgIpc) is 3.08. The molecule has 1 amide bonds. The van der Waals surface area contributed by atoms with E-state index < -0.39 is 23.8 Å². The molecule has 1 aromatic rings. The SMILES string of the molecule is CCCOC(=O)c1c(NC(=O)[C@@H]2CC=CC[C@@H]2C(=O)O)sc2c1CC[C@H](CC)C2. The summed E-state index contributed by atoms with van der Waals surface area (Å²) in [5, 5.41) is 12.9. The average molecular weight is 420 g/mol. The number of carbonyl (C=O) groups is 3. The maximum atomic E-state index is 13.0. The minimum atomic E-state index is -0.964. The van der Waals surface area contributed by atoms with E-state index >= 15 is 0 Å². The van der Waals surface area contributed by atoms with E-state index in [9.17, 15) is 19.5 Å². The second kappa shape index (κ2) is 9.57. The fourth-order valence-electron chi connectivity index (χ4n) is 4.16. The van der Waals surface area contributed by atoms with Gasteiger partial charge in [-0.1, -0.05) is 32.4 Å². The minimum Gasteiger partial charge on any atom is -0.481 e. The summed E-state index contributed by atoms with van der Waals surface area (Å²) in [6.07, 6.45) is 8.95. The molecule has 0 unspecified atom stereocenters. The van der Waals surface area contributed by atoms with E-state index in [2.05, 4.69) is 12.2 Å². The number of amides is 1. The first-order chi connectivity index (χ1) is 14.0. The van der Waals surface area contributed by atoms with Gasteiger partial charge in [-0.15, -0.1) is 11.3 Å². The van der Waals surface area contributed by atoms with Crippen molar-refractivity contribution in [3.63, 3.8) is 0 Å². The van der Waals surface area contributed by atoms with Crippen LogP contribution in [-0.4, -0.2) is 29.6 Å². The van der Waals surface area contributed by atoms with E-state index in [4.69, 9.17) is 4.74 Å². The van der Waals surface area contributed by atoms with Crippen molar-refractivity contribution in [2.45, 2.75) is 58.8 Å². The Morgan fingerprint density at radius 1 is 1.21 bits per heavy atom. The van der Waals surface area contributed by atoms with E-state index in [-0.39, 0.29) is 5.91 Å². The number of allylic oxidation sites excluding steroid dienone is 2. The largest absolute Gasteiger partial charge is 0.481 e. The molecular weight excluding hydrogens is 390 g/mol. The Bertz CT molecular complexity index is 812. The number of carboxylic acids is 1. The molecule has 2 aliphatic rings. The van der Waals surface area contributed by atoms with Crippen LogP contribution < -0.4 is 5.32 Å². The molecule has 0 aromatic carbocycles. The molecule has 1 aromatic heterocycles. The number of fused-ring (bicyclic) bond motifs is 1. The van der Waals surface area contributed by atoms with Crippen LogP contribution in [0.15, 0.2) is 12.2 Å². The number of rotatable bonds is 7. The number of hydrogen-bond donors (Lipinski definition) is 2. The summed E-state index contributed by atoms with van der Waals surface area (Å²) in [5.74, 6) is -2.49. The van der Waals surface area contributed by atoms with Crippen LogP contribution in [0.1, 0.15) is 66.8 Å². The Labute approximate surface area is 175 Å². The lowest BCUT2D eigenvalue weighted by atomic mass is 9.82. The molecule has 0 saturated carbocycles. The first kappa shape index (κ1) is 21.6. The highest BCUT2D eigenvalue weighted by Gasteiger charge is 2.36. The van der Waals surface area contributed by atoms with Crippen LogP contribution >= 0.6 is 11.3 Å². The molecular formula is C22H29NO5S. The van der Waals surface area contributed by atoms with Gasteiger partial charge in [-0.25, -0.2) is 4.79 Å². The molecule has 29 heavy (non-hydrogen) atoms. The van der Waals surface area contributed by atoms with Crippen molar-refractivity contribution in [2.75, 3.05) is 11.9 Å². The van der Waals surface area contributed by atoms with E-state index in [1.165, 1.54) is 11.3 Å². The Morgan fingerprint density at radius 3 is 2.59 bits per heavy atom. The number of esters is 1. The minimum absolute atomic E-state index is 0.336. The molecule has 0 spiro atoms. The number of carboxylic acid groups (broad SMARTS) is 1. The van der Waals surface area contributed by atoms with Crippen molar-refractivity contribution in [3.8, 4) is 0 Å². The number of aliphatic carboxylic acids is 1. The Kier molecular flexibility index (Phi) is 7.11. The maximum absolute atomic E-state index is 13.0. The third-order valence-electron chi connectivity index (χ3n) is 5.91. The zero-order valence-corrected chi connectivity index (χ0v) is 17.8. The summed E-state index contributed by atoms with van der Waals surface area (Å²) in [4.78, 5) is 38.4. The van der Waals surface area contributed by atoms with E-state index in [0.29, 0.717) is 35.9 Å².